The fourth-order valence-electron chi connectivity index (χ4n) is 4.46. The molecule has 1 amide bonds. The van der Waals surface area contributed by atoms with Crippen LogP contribution in [0.25, 0.3) is 11.5 Å². The molecule has 0 saturated carbocycles. The topological polar surface area (TPSA) is 62.5 Å². The van der Waals surface area contributed by atoms with Crippen LogP contribution in [0.15, 0.2) is 77.2 Å². The van der Waals surface area contributed by atoms with Crippen molar-refractivity contribution >= 4 is 23.2 Å². The minimum atomic E-state index is -0.0557. The first-order valence-electron chi connectivity index (χ1n) is 11.9. The van der Waals surface area contributed by atoms with E-state index in [0.29, 0.717) is 34.5 Å². The van der Waals surface area contributed by atoms with Gasteiger partial charge in [0.05, 0.1) is 17.1 Å². The average Bonchev–Trinajstić information content (AvgIpc) is 3.36. The maximum Gasteiger partial charge on any atom is 0.254 e. The number of benzene rings is 3. The van der Waals surface area contributed by atoms with Crippen molar-refractivity contribution in [3.63, 3.8) is 0 Å². The normalized spacial score (nSPS) is 12.9. The van der Waals surface area contributed by atoms with E-state index in [-0.39, 0.29) is 12.5 Å². The van der Waals surface area contributed by atoms with Gasteiger partial charge in [-0.1, -0.05) is 54.9 Å². The quantitative estimate of drug-likeness (QED) is 0.320. The summed E-state index contributed by atoms with van der Waals surface area (Å²) < 4.78 is 5.83. The molecule has 0 bridgehead atoms. The summed E-state index contributed by atoms with van der Waals surface area (Å²) in [5.41, 5.74) is 5.23. The average molecular weight is 487 g/mol. The Labute approximate surface area is 210 Å². The molecule has 0 spiro atoms. The number of nitrogens with zero attached hydrogens (tertiary/aromatic N) is 4. The van der Waals surface area contributed by atoms with Gasteiger partial charge in [-0.15, -0.1) is 10.2 Å². The zero-order valence-corrected chi connectivity index (χ0v) is 20.4. The number of hydrogen-bond acceptors (Lipinski definition) is 5. The number of fused-ring (bicyclic) bond motifs is 1. The van der Waals surface area contributed by atoms with Crippen LogP contribution in [-0.2, 0) is 19.5 Å². The molecule has 7 heteroatoms. The highest BCUT2D eigenvalue weighted by molar-refractivity contribution is 6.33. The molecule has 6 nitrogen and oxygen atoms in total. The molecule has 1 aromatic heterocycles. The van der Waals surface area contributed by atoms with Gasteiger partial charge in [0.1, 0.15) is 0 Å². The first-order chi connectivity index (χ1) is 17.1. The standard InChI is InChI=1S/C28H27ClN4O2/c1-2-16-33(19-26-30-31-27(35-26)24-9-5-6-10-25(24)29)28(34)21-11-13-23(14-12-21)32-17-15-20-7-3-4-8-22(20)18-32/h3-14H,2,15-19H2,1H3. The predicted octanol–water partition coefficient (Wildman–Crippen LogP) is 6.01. The van der Waals surface area contributed by atoms with E-state index in [2.05, 4.69) is 39.4 Å². The van der Waals surface area contributed by atoms with Crippen LogP contribution in [0.2, 0.25) is 5.02 Å². The number of hydrogen-bond donors (Lipinski definition) is 0. The summed E-state index contributed by atoms with van der Waals surface area (Å²) >= 11 is 6.25. The van der Waals surface area contributed by atoms with Crippen LogP contribution in [0.4, 0.5) is 5.69 Å². The Morgan fingerprint density at radius 1 is 1.00 bits per heavy atom. The lowest BCUT2D eigenvalue weighted by atomic mass is 9.99. The van der Waals surface area contributed by atoms with Crippen LogP contribution >= 0.6 is 11.6 Å². The van der Waals surface area contributed by atoms with Crippen LogP contribution in [0.5, 0.6) is 0 Å². The summed E-state index contributed by atoms with van der Waals surface area (Å²) in [7, 11) is 0. The Morgan fingerprint density at radius 2 is 1.74 bits per heavy atom. The van der Waals surface area contributed by atoms with E-state index in [1.807, 2.05) is 49.4 Å². The van der Waals surface area contributed by atoms with Crippen molar-refractivity contribution in [3.05, 3.63) is 100 Å². The lowest BCUT2D eigenvalue weighted by molar-refractivity contribution is 0.0728. The van der Waals surface area contributed by atoms with E-state index in [4.69, 9.17) is 16.0 Å². The van der Waals surface area contributed by atoms with E-state index in [1.165, 1.54) is 11.1 Å². The van der Waals surface area contributed by atoms with E-state index >= 15 is 0 Å². The molecule has 0 aliphatic carbocycles. The van der Waals surface area contributed by atoms with Gasteiger partial charge in [-0.3, -0.25) is 4.79 Å². The Bertz CT molecular complexity index is 1320. The van der Waals surface area contributed by atoms with Gasteiger partial charge >= 0.3 is 0 Å². The Hall–Kier alpha value is -3.64. The monoisotopic (exact) mass is 486 g/mol. The molecule has 1 aliphatic heterocycles. The fraction of sp³-hybridized carbons (Fsp3) is 0.250. The van der Waals surface area contributed by atoms with Crippen molar-refractivity contribution in [3.8, 4) is 11.5 Å². The molecule has 35 heavy (non-hydrogen) atoms. The molecule has 4 aromatic rings. The number of amides is 1. The number of carbonyl (C=O) groups is 1. The molecule has 1 aliphatic rings. The summed E-state index contributed by atoms with van der Waals surface area (Å²) in [5, 5.41) is 8.82. The molecule has 2 heterocycles. The lowest BCUT2D eigenvalue weighted by Gasteiger charge is -2.31. The number of rotatable bonds is 7. The number of halogens is 1. The third-order valence-electron chi connectivity index (χ3n) is 6.29. The third kappa shape index (κ3) is 5.08. The van der Waals surface area contributed by atoms with Gasteiger partial charge in [-0.2, -0.15) is 0 Å². The van der Waals surface area contributed by atoms with Crippen LogP contribution in [0.1, 0.15) is 40.7 Å². The minimum Gasteiger partial charge on any atom is -0.419 e. The maximum absolute atomic E-state index is 13.3. The molecule has 0 atom stereocenters. The van der Waals surface area contributed by atoms with E-state index in [1.54, 1.807) is 11.0 Å². The fourth-order valence-corrected chi connectivity index (χ4v) is 4.68. The molecule has 0 unspecified atom stereocenters. The SMILES string of the molecule is CCCN(Cc1nnc(-c2ccccc2Cl)o1)C(=O)c1ccc(N2CCc3ccccc3C2)cc1. The molecule has 0 N–H and O–H groups in total. The molecular weight excluding hydrogens is 460 g/mol. The largest absolute Gasteiger partial charge is 0.419 e. The van der Waals surface area contributed by atoms with Crippen LogP contribution in [-0.4, -0.2) is 34.1 Å². The highest BCUT2D eigenvalue weighted by atomic mass is 35.5. The van der Waals surface area contributed by atoms with Crippen LogP contribution in [0.3, 0.4) is 0 Å². The van der Waals surface area contributed by atoms with Crippen molar-refractivity contribution < 1.29 is 9.21 Å². The molecule has 0 fully saturated rings. The maximum atomic E-state index is 13.3. The first-order valence-corrected chi connectivity index (χ1v) is 12.3. The van der Waals surface area contributed by atoms with Gasteiger partial charge < -0.3 is 14.2 Å². The van der Waals surface area contributed by atoms with Gasteiger partial charge in [0.25, 0.3) is 5.91 Å². The van der Waals surface area contributed by atoms with Crippen molar-refractivity contribution in [2.75, 3.05) is 18.0 Å². The molecular formula is C28H27ClN4O2. The van der Waals surface area contributed by atoms with Gasteiger partial charge in [0.2, 0.25) is 11.8 Å². The summed E-state index contributed by atoms with van der Waals surface area (Å²) in [6.45, 7) is 4.73. The predicted molar refractivity (Wildman–Crippen MR) is 137 cm³/mol. The van der Waals surface area contributed by atoms with Crippen LogP contribution < -0.4 is 4.90 Å². The van der Waals surface area contributed by atoms with E-state index in [0.717, 1.165) is 31.6 Å². The van der Waals surface area contributed by atoms with Gasteiger partial charge in [-0.05, 0) is 60.4 Å². The Morgan fingerprint density at radius 3 is 2.51 bits per heavy atom. The molecule has 178 valence electrons. The van der Waals surface area contributed by atoms with Crippen molar-refractivity contribution in [2.45, 2.75) is 32.9 Å². The van der Waals surface area contributed by atoms with Gasteiger partial charge in [0.15, 0.2) is 0 Å². The summed E-state index contributed by atoms with van der Waals surface area (Å²) in [5.74, 6) is 0.673. The minimum absolute atomic E-state index is 0.0557. The number of anilines is 1. The molecule has 5 rings (SSSR count). The highest BCUT2D eigenvalue weighted by Crippen LogP contribution is 2.27. The number of carbonyl (C=O) groups excluding carboxylic acids is 1. The smallest absolute Gasteiger partial charge is 0.254 e. The molecule has 0 saturated heterocycles. The Balaban J connectivity index is 1.29. The van der Waals surface area contributed by atoms with E-state index < -0.39 is 0 Å². The first kappa shape index (κ1) is 23.1. The van der Waals surface area contributed by atoms with Gasteiger partial charge in [-0.25, -0.2) is 0 Å². The van der Waals surface area contributed by atoms with Gasteiger partial charge in [0, 0.05) is 30.9 Å². The molecule has 0 radical (unpaired) electrons. The zero-order valence-electron chi connectivity index (χ0n) is 19.7. The van der Waals surface area contributed by atoms with Crippen molar-refractivity contribution in [1.82, 2.24) is 15.1 Å². The summed E-state index contributed by atoms with van der Waals surface area (Å²) in [6, 6.07) is 23.8. The summed E-state index contributed by atoms with van der Waals surface area (Å²) in [6.07, 6.45) is 1.85. The van der Waals surface area contributed by atoms with Crippen molar-refractivity contribution in [2.24, 2.45) is 0 Å². The number of aromatic nitrogens is 2. The second kappa shape index (κ2) is 10.3. The lowest BCUT2D eigenvalue weighted by Crippen LogP contribution is -2.32. The van der Waals surface area contributed by atoms with Crippen LogP contribution in [0, 0.1) is 0 Å². The van der Waals surface area contributed by atoms with Crippen molar-refractivity contribution in [1.29, 1.82) is 0 Å². The second-order valence-corrected chi connectivity index (χ2v) is 9.10. The Kier molecular flexibility index (Phi) is 6.82. The highest BCUT2D eigenvalue weighted by Gasteiger charge is 2.21. The second-order valence-electron chi connectivity index (χ2n) is 8.69. The van der Waals surface area contributed by atoms with E-state index in [9.17, 15) is 4.79 Å². The third-order valence-corrected chi connectivity index (χ3v) is 6.62. The summed E-state index contributed by atoms with van der Waals surface area (Å²) in [4.78, 5) is 17.4. The molecule has 3 aromatic carbocycles. The zero-order chi connectivity index (χ0) is 24.2.